The quantitative estimate of drug-likeness (QED) is 0.506. The minimum absolute atomic E-state index is 0.0665. The van der Waals surface area contributed by atoms with Gasteiger partial charge in [0.25, 0.3) is 17.4 Å². The van der Waals surface area contributed by atoms with E-state index < -0.39 is 30.0 Å². The van der Waals surface area contributed by atoms with Gasteiger partial charge in [0.2, 0.25) is 5.91 Å². The summed E-state index contributed by atoms with van der Waals surface area (Å²) in [5.74, 6) is -4.30. The lowest BCUT2D eigenvalue weighted by Gasteiger charge is -2.18. The average Bonchev–Trinajstić information content (AvgIpc) is 2.79. The van der Waals surface area contributed by atoms with Crippen LogP contribution < -0.4 is 16.2 Å². The molecule has 3 aromatic rings. The van der Waals surface area contributed by atoms with Crippen molar-refractivity contribution < 1.29 is 23.5 Å². The summed E-state index contributed by atoms with van der Waals surface area (Å²) >= 11 is 0. The van der Waals surface area contributed by atoms with Gasteiger partial charge in [-0.1, -0.05) is 24.3 Å². The standard InChI is InChI=1S/C23H22F2N4O4/c1-14(16-5-3-6-17(11-16)23(24,25)13-30)26-22(33)20-9-10-21(32)29(28-20)19-8-4-7-18(12-19)27-15(2)31/h3-12,14,30H,13H2,1-2H3,(H,26,33)(H,27,31). The fourth-order valence-corrected chi connectivity index (χ4v) is 3.12. The molecule has 10 heteroatoms. The average molecular weight is 456 g/mol. The maximum Gasteiger partial charge on any atom is 0.295 e. The molecule has 2 aromatic carbocycles. The molecule has 0 fully saturated rings. The number of amides is 2. The summed E-state index contributed by atoms with van der Waals surface area (Å²) in [6.45, 7) is 1.64. The molecule has 0 aliphatic heterocycles. The number of anilines is 1. The molecule has 1 heterocycles. The van der Waals surface area contributed by atoms with E-state index in [-0.39, 0.29) is 17.2 Å². The lowest BCUT2D eigenvalue weighted by atomic mass is 10.0. The van der Waals surface area contributed by atoms with Crippen LogP contribution in [-0.2, 0) is 10.7 Å². The number of carbonyl (C=O) groups excluding carboxylic acids is 2. The second-order valence-corrected chi connectivity index (χ2v) is 7.38. The Bertz CT molecular complexity index is 1240. The number of rotatable bonds is 7. The van der Waals surface area contributed by atoms with Gasteiger partial charge in [-0.05, 0) is 42.8 Å². The van der Waals surface area contributed by atoms with Gasteiger partial charge in [-0.3, -0.25) is 14.4 Å². The Hall–Kier alpha value is -3.92. The summed E-state index contributed by atoms with van der Waals surface area (Å²) in [7, 11) is 0. The maximum absolute atomic E-state index is 13.8. The number of aliphatic hydroxyl groups excluding tert-OH is 1. The van der Waals surface area contributed by atoms with Crippen LogP contribution in [0.3, 0.4) is 0 Å². The van der Waals surface area contributed by atoms with Gasteiger partial charge in [-0.2, -0.15) is 18.6 Å². The number of aliphatic hydroxyl groups is 1. The number of nitrogens with one attached hydrogen (secondary N) is 2. The van der Waals surface area contributed by atoms with Gasteiger partial charge in [-0.25, -0.2) is 0 Å². The molecule has 1 unspecified atom stereocenters. The van der Waals surface area contributed by atoms with E-state index in [0.29, 0.717) is 16.9 Å². The monoisotopic (exact) mass is 456 g/mol. The second kappa shape index (κ2) is 9.70. The Kier molecular flexibility index (Phi) is 6.98. The van der Waals surface area contributed by atoms with Crippen LogP contribution in [0, 0.1) is 0 Å². The van der Waals surface area contributed by atoms with E-state index in [1.54, 1.807) is 31.2 Å². The minimum Gasteiger partial charge on any atom is -0.390 e. The molecular weight excluding hydrogens is 434 g/mol. The number of halogens is 2. The molecule has 172 valence electrons. The van der Waals surface area contributed by atoms with E-state index >= 15 is 0 Å². The van der Waals surface area contributed by atoms with Crippen LogP contribution >= 0.6 is 0 Å². The number of aromatic nitrogens is 2. The SMILES string of the molecule is CC(=O)Nc1cccc(-n2nc(C(=O)NC(C)c3cccc(C(F)(F)CO)c3)ccc2=O)c1. The molecule has 8 nitrogen and oxygen atoms in total. The predicted molar refractivity (Wildman–Crippen MR) is 117 cm³/mol. The Morgan fingerprint density at radius 3 is 2.55 bits per heavy atom. The number of nitrogens with zero attached hydrogens (tertiary/aromatic N) is 2. The Morgan fingerprint density at radius 1 is 1.12 bits per heavy atom. The van der Waals surface area contributed by atoms with Crippen molar-refractivity contribution in [2.24, 2.45) is 0 Å². The number of benzene rings is 2. The van der Waals surface area contributed by atoms with Crippen LogP contribution in [0.1, 0.15) is 41.5 Å². The highest BCUT2D eigenvalue weighted by Crippen LogP contribution is 2.29. The fourth-order valence-electron chi connectivity index (χ4n) is 3.12. The van der Waals surface area contributed by atoms with Crippen LogP contribution in [0.5, 0.6) is 0 Å². The minimum atomic E-state index is -3.40. The zero-order valence-electron chi connectivity index (χ0n) is 17.9. The molecule has 0 aliphatic carbocycles. The molecule has 0 spiro atoms. The molecule has 3 rings (SSSR count). The van der Waals surface area contributed by atoms with Crippen LogP contribution in [0.4, 0.5) is 14.5 Å². The molecule has 0 saturated carbocycles. The van der Waals surface area contributed by atoms with E-state index in [9.17, 15) is 23.2 Å². The van der Waals surface area contributed by atoms with E-state index in [4.69, 9.17) is 5.11 Å². The van der Waals surface area contributed by atoms with Crippen LogP contribution in [0.25, 0.3) is 5.69 Å². The normalized spacial score (nSPS) is 12.2. The highest BCUT2D eigenvalue weighted by atomic mass is 19.3. The number of alkyl halides is 2. The Morgan fingerprint density at radius 2 is 1.85 bits per heavy atom. The maximum atomic E-state index is 13.8. The van der Waals surface area contributed by atoms with E-state index in [0.717, 1.165) is 4.68 Å². The molecule has 3 N–H and O–H groups in total. The summed E-state index contributed by atoms with van der Waals surface area (Å²) in [4.78, 5) is 36.3. The van der Waals surface area contributed by atoms with Crippen molar-refractivity contribution >= 4 is 17.5 Å². The molecule has 33 heavy (non-hydrogen) atoms. The lowest BCUT2D eigenvalue weighted by molar-refractivity contribution is -0.114. The van der Waals surface area contributed by atoms with Crippen LogP contribution in [0.2, 0.25) is 0 Å². The summed E-state index contributed by atoms with van der Waals surface area (Å²) in [6, 6.07) is 13.6. The van der Waals surface area contributed by atoms with Crippen LogP contribution in [0.15, 0.2) is 65.5 Å². The smallest absolute Gasteiger partial charge is 0.295 e. The van der Waals surface area contributed by atoms with Crippen molar-refractivity contribution in [2.75, 3.05) is 11.9 Å². The number of hydrogen-bond acceptors (Lipinski definition) is 5. The highest BCUT2D eigenvalue weighted by molar-refractivity contribution is 5.92. The highest BCUT2D eigenvalue weighted by Gasteiger charge is 2.30. The van der Waals surface area contributed by atoms with Crippen molar-refractivity contribution in [3.05, 3.63) is 87.8 Å². The lowest BCUT2D eigenvalue weighted by Crippen LogP contribution is -2.31. The molecule has 0 bridgehead atoms. The largest absolute Gasteiger partial charge is 0.390 e. The third-order valence-corrected chi connectivity index (χ3v) is 4.80. The first-order valence-corrected chi connectivity index (χ1v) is 9.99. The Labute approximate surface area is 187 Å². The van der Waals surface area contributed by atoms with Crippen molar-refractivity contribution in [3.8, 4) is 5.69 Å². The van der Waals surface area contributed by atoms with Gasteiger partial charge < -0.3 is 15.7 Å². The molecule has 0 saturated heterocycles. The number of hydrogen-bond donors (Lipinski definition) is 3. The van der Waals surface area contributed by atoms with Gasteiger partial charge in [0, 0.05) is 24.2 Å². The number of carbonyl (C=O) groups is 2. The van der Waals surface area contributed by atoms with Crippen molar-refractivity contribution in [3.63, 3.8) is 0 Å². The van der Waals surface area contributed by atoms with Gasteiger partial charge in [-0.15, -0.1) is 0 Å². The van der Waals surface area contributed by atoms with E-state index in [1.165, 1.54) is 43.3 Å². The summed E-state index contributed by atoms with van der Waals surface area (Å²) in [5.41, 5.74) is 0.283. The zero-order chi connectivity index (χ0) is 24.2. The Balaban J connectivity index is 1.84. The van der Waals surface area contributed by atoms with E-state index in [1.807, 2.05) is 0 Å². The second-order valence-electron chi connectivity index (χ2n) is 7.38. The van der Waals surface area contributed by atoms with Crippen molar-refractivity contribution in [1.82, 2.24) is 15.1 Å². The molecule has 0 radical (unpaired) electrons. The van der Waals surface area contributed by atoms with Gasteiger partial charge in [0.15, 0.2) is 0 Å². The predicted octanol–water partition coefficient (Wildman–Crippen LogP) is 2.77. The third kappa shape index (κ3) is 5.66. The van der Waals surface area contributed by atoms with E-state index in [2.05, 4.69) is 15.7 Å². The van der Waals surface area contributed by atoms with Crippen LogP contribution in [-0.4, -0.2) is 33.3 Å². The van der Waals surface area contributed by atoms with Gasteiger partial charge in [0.1, 0.15) is 12.3 Å². The molecular formula is C23H22F2N4O4. The van der Waals surface area contributed by atoms with Crippen molar-refractivity contribution in [1.29, 1.82) is 0 Å². The summed E-state index contributed by atoms with van der Waals surface area (Å²) in [6.07, 6.45) is 0. The first kappa shape index (κ1) is 23.7. The van der Waals surface area contributed by atoms with Crippen molar-refractivity contribution in [2.45, 2.75) is 25.8 Å². The molecule has 0 aliphatic rings. The molecule has 1 atom stereocenters. The van der Waals surface area contributed by atoms with Gasteiger partial charge >= 0.3 is 0 Å². The first-order valence-electron chi connectivity index (χ1n) is 9.99. The van der Waals surface area contributed by atoms with Gasteiger partial charge in [0.05, 0.1) is 11.7 Å². The topological polar surface area (TPSA) is 113 Å². The summed E-state index contributed by atoms with van der Waals surface area (Å²) in [5, 5.41) is 18.3. The zero-order valence-corrected chi connectivity index (χ0v) is 17.9. The first-order chi connectivity index (χ1) is 15.6. The molecule has 1 aromatic heterocycles. The third-order valence-electron chi connectivity index (χ3n) is 4.80. The summed E-state index contributed by atoms with van der Waals surface area (Å²) < 4.78 is 28.6. The molecule has 2 amide bonds. The fraction of sp³-hybridized carbons (Fsp3) is 0.217.